The van der Waals surface area contributed by atoms with Crippen molar-refractivity contribution in [2.24, 2.45) is 0 Å². The van der Waals surface area contributed by atoms with Gasteiger partial charge in [0.2, 0.25) is 9.05 Å². The van der Waals surface area contributed by atoms with Gasteiger partial charge in [0.15, 0.2) is 0 Å². The Kier molecular flexibility index (Phi) is 5.06. The first-order valence-corrected chi connectivity index (χ1v) is 7.49. The summed E-state index contributed by atoms with van der Waals surface area (Å²) in [5, 5.41) is 0.336. The second kappa shape index (κ2) is 5.91. The van der Waals surface area contributed by atoms with E-state index in [0.717, 1.165) is 0 Å². The smallest absolute Gasteiger partial charge is 0.236 e. The van der Waals surface area contributed by atoms with Crippen molar-refractivity contribution in [3.63, 3.8) is 0 Å². The van der Waals surface area contributed by atoms with Crippen LogP contribution < -0.4 is 4.74 Å². The minimum absolute atomic E-state index is 0.259. The first-order chi connectivity index (χ1) is 7.87. The predicted molar refractivity (Wildman–Crippen MR) is 67.2 cm³/mol. The first kappa shape index (κ1) is 14.6. The lowest BCUT2D eigenvalue weighted by Gasteiger charge is -2.11. The zero-order valence-corrected chi connectivity index (χ0v) is 11.7. The molecule has 0 saturated heterocycles. The molecule has 0 spiro atoms. The van der Waals surface area contributed by atoms with E-state index in [-0.39, 0.29) is 12.4 Å². The van der Waals surface area contributed by atoms with Crippen LogP contribution in [-0.2, 0) is 26.1 Å². The maximum atomic E-state index is 11.1. The second-order valence-electron chi connectivity index (χ2n) is 3.37. The summed E-state index contributed by atoms with van der Waals surface area (Å²) in [6.07, 6.45) is 0. The fourth-order valence-electron chi connectivity index (χ4n) is 1.40. The van der Waals surface area contributed by atoms with Crippen molar-refractivity contribution >= 4 is 31.3 Å². The third-order valence-corrected chi connectivity index (χ3v) is 3.38. The average molecular weight is 299 g/mol. The summed E-state index contributed by atoms with van der Waals surface area (Å²) in [5.74, 6) is 0.172. The molecule has 17 heavy (non-hydrogen) atoms. The fraction of sp³-hybridized carbons (Fsp3) is 0.400. The van der Waals surface area contributed by atoms with Gasteiger partial charge in [-0.2, -0.15) is 0 Å². The second-order valence-corrected chi connectivity index (χ2v) is 6.56. The van der Waals surface area contributed by atoms with Crippen molar-refractivity contribution in [1.82, 2.24) is 0 Å². The number of hydrogen-bond donors (Lipinski definition) is 0. The van der Waals surface area contributed by atoms with Gasteiger partial charge in [0, 0.05) is 17.8 Å². The molecule has 0 fully saturated rings. The average Bonchev–Trinajstić information content (AvgIpc) is 2.20. The van der Waals surface area contributed by atoms with Crippen LogP contribution in [0.25, 0.3) is 0 Å². The van der Waals surface area contributed by atoms with Crippen LogP contribution >= 0.6 is 22.3 Å². The number of ether oxygens (including phenoxy) is 2. The Bertz CT molecular complexity index is 499. The van der Waals surface area contributed by atoms with Crippen LogP contribution in [0, 0.1) is 0 Å². The van der Waals surface area contributed by atoms with Gasteiger partial charge in [-0.15, -0.1) is 0 Å². The van der Waals surface area contributed by atoms with Crippen molar-refractivity contribution in [2.75, 3.05) is 14.2 Å². The van der Waals surface area contributed by atoms with Crippen LogP contribution in [0.2, 0.25) is 5.02 Å². The molecule has 7 heteroatoms. The van der Waals surface area contributed by atoms with Gasteiger partial charge >= 0.3 is 0 Å². The quantitative estimate of drug-likeness (QED) is 0.784. The summed E-state index contributed by atoms with van der Waals surface area (Å²) in [4.78, 5) is 0. The van der Waals surface area contributed by atoms with Gasteiger partial charge in [0.1, 0.15) is 5.75 Å². The molecule has 0 aliphatic carbocycles. The van der Waals surface area contributed by atoms with Gasteiger partial charge in [-0.1, -0.05) is 11.6 Å². The van der Waals surface area contributed by atoms with E-state index in [4.69, 9.17) is 31.8 Å². The van der Waals surface area contributed by atoms with Crippen LogP contribution in [-0.4, -0.2) is 22.6 Å². The molecule has 1 aromatic rings. The highest BCUT2D eigenvalue weighted by Crippen LogP contribution is 2.30. The Balaban J connectivity index is 3.22. The standard InChI is InChI=1S/C10H12Cl2O4S/c1-15-5-7-4-10(16-2)9(11)3-8(7)6-17(12,13)14/h3-4H,5-6H2,1-2H3. The number of halogens is 2. The van der Waals surface area contributed by atoms with Crippen LogP contribution in [0.4, 0.5) is 0 Å². The van der Waals surface area contributed by atoms with Crippen LogP contribution in [0.5, 0.6) is 5.75 Å². The molecular formula is C10H12Cl2O4S. The summed E-state index contributed by atoms with van der Waals surface area (Å²) in [7, 11) is 4.58. The third kappa shape index (κ3) is 4.35. The van der Waals surface area contributed by atoms with Gasteiger partial charge in [-0.05, 0) is 23.3 Å². The lowest BCUT2D eigenvalue weighted by molar-refractivity contribution is 0.184. The number of rotatable bonds is 5. The Morgan fingerprint density at radius 3 is 2.35 bits per heavy atom. The largest absolute Gasteiger partial charge is 0.495 e. The Labute approximate surface area is 110 Å². The molecule has 4 nitrogen and oxygen atoms in total. The SMILES string of the molecule is COCc1cc(OC)c(Cl)cc1CS(=O)(=O)Cl. The Morgan fingerprint density at radius 2 is 1.88 bits per heavy atom. The monoisotopic (exact) mass is 298 g/mol. The molecule has 0 saturated carbocycles. The highest BCUT2D eigenvalue weighted by atomic mass is 35.7. The van der Waals surface area contributed by atoms with Crippen LogP contribution in [0.15, 0.2) is 12.1 Å². The molecule has 0 aliphatic rings. The van der Waals surface area contributed by atoms with E-state index >= 15 is 0 Å². The molecule has 0 amide bonds. The summed E-state index contributed by atoms with van der Waals surface area (Å²) in [6.45, 7) is 0.259. The summed E-state index contributed by atoms with van der Waals surface area (Å²) in [6, 6.07) is 3.16. The molecule has 0 radical (unpaired) electrons. The van der Waals surface area contributed by atoms with E-state index in [1.807, 2.05) is 0 Å². The lowest BCUT2D eigenvalue weighted by Crippen LogP contribution is -2.02. The summed E-state index contributed by atoms with van der Waals surface area (Å²) < 4.78 is 32.2. The molecule has 0 N–H and O–H groups in total. The summed E-state index contributed by atoms with van der Waals surface area (Å²) >= 11 is 5.93. The molecule has 0 aliphatic heterocycles. The molecule has 1 rings (SSSR count). The maximum absolute atomic E-state index is 11.1. The van der Waals surface area contributed by atoms with E-state index in [2.05, 4.69) is 0 Å². The molecule has 96 valence electrons. The molecule has 0 bridgehead atoms. The minimum atomic E-state index is -3.64. The molecule has 1 aromatic carbocycles. The van der Waals surface area contributed by atoms with Crippen molar-refractivity contribution < 1.29 is 17.9 Å². The highest BCUT2D eigenvalue weighted by Gasteiger charge is 2.14. The number of hydrogen-bond acceptors (Lipinski definition) is 4. The maximum Gasteiger partial charge on any atom is 0.236 e. The molecular weight excluding hydrogens is 287 g/mol. The summed E-state index contributed by atoms with van der Waals surface area (Å²) in [5.41, 5.74) is 1.19. The van der Waals surface area contributed by atoms with E-state index in [1.54, 1.807) is 6.07 Å². The number of benzene rings is 1. The molecule has 0 aromatic heterocycles. The van der Waals surface area contributed by atoms with E-state index in [1.165, 1.54) is 20.3 Å². The Hall–Kier alpha value is -0.490. The molecule has 0 heterocycles. The topological polar surface area (TPSA) is 52.6 Å². The molecule has 0 atom stereocenters. The predicted octanol–water partition coefficient (Wildman–Crippen LogP) is 2.56. The van der Waals surface area contributed by atoms with Gasteiger partial charge < -0.3 is 9.47 Å². The van der Waals surface area contributed by atoms with Gasteiger partial charge in [0.25, 0.3) is 0 Å². The van der Waals surface area contributed by atoms with Crippen LogP contribution in [0.3, 0.4) is 0 Å². The van der Waals surface area contributed by atoms with E-state index in [0.29, 0.717) is 21.9 Å². The zero-order chi connectivity index (χ0) is 13.1. The van der Waals surface area contributed by atoms with E-state index < -0.39 is 9.05 Å². The van der Waals surface area contributed by atoms with Crippen molar-refractivity contribution in [1.29, 1.82) is 0 Å². The normalized spacial score (nSPS) is 11.5. The van der Waals surface area contributed by atoms with Crippen molar-refractivity contribution in [3.05, 3.63) is 28.3 Å². The number of methoxy groups -OCH3 is 2. The highest BCUT2D eigenvalue weighted by molar-refractivity contribution is 8.13. The Morgan fingerprint density at radius 1 is 1.24 bits per heavy atom. The van der Waals surface area contributed by atoms with Crippen LogP contribution in [0.1, 0.15) is 11.1 Å². The first-order valence-electron chi connectivity index (χ1n) is 4.64. The van der Waals surface area contributed by atoms with Crippen molar-refractivity contribution in [2.45, 2.75) is 12.4 Å². The minimum Gasteiger partial charge on any atom is -0.495 e. The van der Waals surface area contributed by atoms with Gasteiger partial charge in [-0.3, -0.25) is 0 Å². The van der Waals surface area contributed by atoms with Gasteiger partial charge in [-0.25, -0.2) is 8.42 Å². The molecule has 0 unspecified atom stereocenters. The fourth-order valence-corrected chi connectivity index (χ4v) is 2.66. The van der Waals surface area contributed by atoms with Gasteiger partial charge in [0.05, 0.1) is 24.5 Å². The van der Waals surface area contributed by atoms with Crippen molar-refractivity contribution in [3.8, 4) is 5.75 Å². The lowest BCUT2D eigenvalue weighted by atomic mass is 10.1. The zero-order valence-electron chi connectivity index (χ0n) is 9.37. The van der Waals surface area contributed by atoms with E-state index in [9.17, 15) is 8.42 Å². The third-order valence-electron chi connectivity index (χ3n) is 2.10.